The summed E-state index contributed by atoms with van der Waals surface area (Å²) in [5.41, 5.74) is 1.28. The molecule has 0 radical (unpaired) electrons. The van der Waals surface area contributed by atoms with Gasteiger partial charge in [0.1, 0.15) is 0 Å². The molecular weight excluding hydrogens is 296 g/mol. The van der Waals surface area contributed by atoms with Gasteiger partial charge in [-0.3, -0.25) is 9.69 Å². The molecule has 2 atom stereocenters. The molecule has 0 bridgehead atoms. The monoisotopic (exact) mass is 320 g/mol. The Morgan fingerprint density at radius 1 is 1.14 bits per heavy atom. The molecule has 1 aliphatic heterocycles. The molecule has 1 saturated heterocycles. The molecule has 4 rings (SSSR count). The second kappa shape index (κ2) is 5.95. The number of amides is 1. The first-order valence-electron chi connectivity index (χ1n) is 8.53. The number of hydrogen-bond acceptors (Lipinski definition) is 4. The van der Waals surface area contributed by atoms with Crippen LogP contribution in [0.25, 0.3) is 0 Å². The van der Waals surface area contributed by atoms with Gasteiger partial charge < -0.3 is 10.0 Å². The smallest absolute Gasteiger partial charge is 0.264 e. The Kier molecular flexibility index (Phi) is 3.96. The summed E-state index contributed by atoms with van der Waals surface area (Å²) < 4.78 is 0. The summed E-state index contributed by atoms with van der Waals surface area (Å²) in [6.07, 6.45) is 5.48. The maximum Gasteiger partial charge on any atom is 0.264 e. The van der Waals surface area contributed by atoms with Crippen LogP contribution in [0.5, 0.6) is 0 Å². The molecule has 22 heavy (non-hydrogen) atoms. The van der Waals surface area contributed by atoms with E-state index in [2.05, 4.69) is 16.3 Å². The quantitative estimate of drug-likeness (QED) is 0.929. The van der Waals surface area contributed by atoms with Crippen LogP contribution in [0.3, 0.4) is 0 Å². The summed E-state index contributed by atoms with van der Waals surface area (Å²) >= 11 is 1.60. The van der Waals surface area contributed by atoms with E-state index in [0.29, 0.717) is 12.0 Å². The van der Waals surface area contributed by atoms with Gasteiger partial charge in [-0.2, -0.15) is 0 Å². The number of thiophene rings is 1. The van der Waals surface area contributed by atoms with E-state index in [4.69, 9.17) is 0 Å². The number of carbonyl (C=O) groups is 1. The van der Waals surface area contributed by atoms with E-state index < -0.39 is 0 Å². The SMILES string of the molecule is O=C(c1sccc1C1CC1)N1CCN([C@@H]2CCC[C@H]2O)CC1. The maximum absolute atomic E-state index is 12.8. The summed E-state index contributed by atoms with van der Waals surface area (Å²) in [5, 5.41) is 12.1. The highest BCUT2D eigenvalue weighted by Crippen LogP contribution is 2.43. The van der Waals surface area contributed by atoms with Crippen LogP contribution >= 0.6 is 11.3 Å². The molecule has 3 fully saturated rings. The first-order valence-corrected chi connectivity index (χ1v) is 9.41. The van der Waals surface area contributed by atoms with Gasteiger partial charge in [-0.05, 0) is 55.0 Å². The Bertz CT molecular complexity index is 547. The van der Waals surface area contributed by atoms with Crippen molar-refractivity contribution in [1.82, 2.24) is 9.80 Å². The molecule has 0 unspecified atom stereocenters. The number of hydrogen-bond donors (Lipinski definition) is 1. The van der Waals surface area contributed by atoms with Crippen molar-refractivity contribution < 1.29 is 9.90 Å². The van der Waals surface area contributed by atoms with Gasteiger partial charge in [-0.1, -0.05) is 0 Å². The molecule has 0 spiro atoms. The standard InChI is InChI=1S/C17H24N2O2S/c20-15-3-1-2-14(15)18-7-9-19(10-8-18)17(21)16-13(6-11-22-16)12-4-5-12/h6,11-12,14-15,20H,1-5,7-10H2/t14-,15-/m1/s1. The van der Waals surface area contributed by atoms with Crippen molar-refractivity contribution in [3.05, 3.63) is 21.9 Å². The van der Waals surface area contributed by atoms with Gasteiger partial charge in [0.2, 0.25) is 0 Å². The largest absolute Gasteiger partial charge is 0.391 e. The van der Waals surface area contributed by atoms with Crippen molar-refractivity contribution in [1.29, 1.82) is 0 Å². The highest BCUT2D eigenvalue weighted by Gasteiger charge is 2.35. The first-order chi connectivity index (χ1) is 10.7. The van der Waals surface area contributed by atoms with Crippen LogP contribution in [-0.4, -0.2) is 59.1 Å². The van der Waals surface area contributed by atoms with Crippen molar-refractivity contribution in [2.45, 2.75) is 50.2 Å². The maximum atomic E-state index is 12.8. The van der Waals surface area contributed by atoms with Crippen LogP contribution in [0.2, 0.25) is 0 Å². The average Bonchev–Trinajstić information content (AvgIpc) is 3.11. The normalized spacial score (nSPS) is 30.0. The third-order valence-corrected chi connectivity index (χ3v) is 6.34. The summed E-state index contributed by atoms with van der Waals surface area (Å²) in [7, 11) is 0. The fraction of sp³-hybridized carbons (Fsp3) is 0.706. The fourth-order valence-corrected chi connectivity index (χ4v) is 4.91. The van der Waals surface area contributed by atoms with E-state index in [1.54, 1.807) is 11.3 Å². The first kappa shape index (κ1) is 14.7. The van der Waals surface area contributed by atoms with Gasteiger partial charge >= 0.3 is 0 Å². The predicted molar refractivity (Wildman–Crippen MR) is 87.4 cm³/mol. The molecule has 0 aromatic carbocycles. The predicted octanol–water partition coefficient (Wildman–Crippen LogP) is 2.30. The lowest BCUT2D eigenvalue weighted by molar-refractivity contribution is 0.0317. The fourth-order valence-electron chi connectivity index (χ4n) is 3.96. The molecule has 3 aliphatic rings. The Morgan fingerprint density at radius 2 is 1.91 bits per heavy atom. The van der Waals surface area contributed by atoms with Crippen molar-refractivity contribution >= 4 is 17.2 Å². The van der Waals surface area contributed by atoms with Crippen molar-refractivity contribution in [3.8, 4) is 0 Å². The lowest BCUT2D eigenvalue weighted by Crippen LogP contribution is -2.53. The van der Waals surface area contributed by atoms with Gasteiger partial charge in [0.15, 0.2) is 0 Å². The van der Waals surface area contributed by atoms with Crippen molar-refractivity contribution in [2.75, 3.05) is 26.2 Å². The summed E-state index contributed by atoms with van der Waals surface area (Å²) in [6.45, 7) is 3.39. The van der Waals surface area contributed by atoms with Crippen LogP contribution < -0.4 is 0 Å². The van der Waals surface area contributed by atoms with Crippen LogP contribution in [0, 0.1) is 0 Å². The third kappa shape index (κ3) is 2.70. The van der Waals surface area contributed by atoms with Crippen LogP contribution in [0.4, 0.5) is 0 Å². The van der Waals surface area contributed by atoms with Crippen LogP contribution in [0.15, 0.2) is 11.4 Å². The Hall–Kier alpha value is -0.910. The number of nitrogens with zero attached hydrogens (tertiary/aromatic N) is 2. The molecular formula is C17H24N2O2S. The molecule has 120 valence electrons. The summed E-state index contributed by atoms with van der Waals surface area (Å²) in [4.78, 5) is 18.1. The van der Waals surface area contributed by atoms with E-state index in [1.165, 1.54) is 18.4 Å². The van der Waals surface area contributed by atoms with Gasteiger partial charge in [0.25, 0.3) is 5.91 Å². The van der Waals surface area contributed by atoms with Gasteiger partial charge in [-0.25, -0.2) is 0 Å². The Labute approximate surface area is 135 Å². The minimum atomic E-state index is -0.166. The minimum absolute atomic E-state index is 0.166. The zero-order chi connectivity index (χ0) is 15.1. The molecule has 1 N–H and O–H groups in total. The molecule has 4 nitrogen and oxygen atoms in total. The Morgan fingerprint density at radius 3 is 2.55 bits per heavy atom. The number of rotatable bonds is 3. The third-order valence-electron chi connectivity index (χ3n) is 5.42. The van der Waals surface area contributed by atoms with Gasteiger partial charge in [0, 0.05) is 32.2 Å². The zero-order valence-electron chi connectivity index (χ0n) is 12.9. The molecule has 1 amide bonds. The van der Waals surface area contributed by atoms with Crippen molar-refractivity contribution in [3.63, 3.8) is 0 Å². The van der Waals surface area contributed by atoms with E-state index in [9.17, 15) is 9.90 Å². The minimum Gasteiger partial charge on any atom is -0.391 e. The lowest BCUT2D eigenvalue weighted by atomic mass is 10.1. The Balaban J connectivity index is 1.38. The number of aliphatic hydroxyl groups is 1. The molecule has 1 aromatic heterocycles. The average molecular weight is 320 g/mol. The molecule has 5 heteroatoms. The van der Waals surface area contributed by atoms with E-state index in [1.807, 2.05) is 4.90 Å². The molecule has 1 aromatic rings. The molecule has 2 saturated carbocycles. The van der Waals surface area contributed by atoms with E-state index >= 15 is 0 Å². The number of piperazine rings is 1. The van der Waals surface area contributed by atoms with Gasteiger partial charge in [-0.15, -0.1) is 11.3 Å². The highest BCUT2D eigenvalue weighted by molar-refractivity contribution is 7.12. The van der Waals surface area contributed by atoms with Crippen molar-refractivity contribution in [2.24, 2.45) is 0 Å². The highest BCUT2D eigenvalue weighted by atomic mass is 32.1. The number of carbonyl (C=O) groups excluding carboxylic acids is 1. The van der Waals surface area contributed by atoms with Crippen LogP contribution in [0.1, 0.15) is 53.3 Å². The second-order valence-electron chi connectivity index (χ2n) is 6.87. The molecule has 2 aliphatic carbocycles. The zero-order valence-corrected chi connectivity index (χ0v) is 13.7. The second-order valence-corrected chi connectivity index (χ2v) is 7.79. The van der Waals surface area contributed by atoms with Gasteiger partial charge in [0.05, 0.1) is 11.0 Å². The molecule has 2 heterocycles. The van der Waals surface area contributed by atoms with E-state index in [0.717, 1.165) is 50.3 Å². The lowest BCUT2D eigenvalue weighted by Gasteiger charge is -2.39. The summed E-state index contributed by atoms with van der Waals surface area (Å²) in [5.74, 6) is 0.864. The topological polar surface area (TPSA) is 43.8 Å². The van der Waals surface area contributed by atoms with E-state index in [-0.39, 0.29) is 12.0 Å². The summed E-state index contributed by atoms with van der Waals surface area (Å²) in [6, 6.07) is 2.46. The van der Waals surface area contributed by atoms with Crippen LogP contribution in [-0.2, 0) is 0 Å². The number of aliphatic hydroxyl groups excluding tert-OH is 1.